The van der Waals surface area contributed by atoms with Gasteiger partial charge in [0.25, 0.3) is 0 Å². The molecule has 0 spiro atoms. The van der Waals surface area contributed by atoms with E-state index in [0.717, 1.165) is 47.8 Å². The summed E-state index contributed by atoms with van der Waals surface area (Å²) < 4.78 is 7.63. The standard InChI is InChI=1S/C22H27N3O/c1-4-5-14-19(23-17-11-7-6-8-12-17)22-24-20(16-25(22)2)18-13-9-10-15-21(18)26-3/h6-13,15-16,19,23H,4-5,14H2,1-3H3. The van der Waals surface area contributed by atoms with E-state index in [0.29, 0.717) is 0 Å². The number of hydrogen-bond donors (Lipinski definition) is 1. The zero-order valence-electron chi connectivity index (χ0n) is 15.8. The number of imidazole rings is 1. The lowest BCUT2D eigenvalue weighted by molar-refractivity contribution is 0.416. The van der Waals surface area contributed by atoms with Crippen LogP contribution >= 0.6 is 0 Å². The van der Waals surface area contributed by atoms with Crippen molar-refractivity contribution in [3.05, 3.63) is 66.6 Å². The van der Waals surface area contributed by atoms with Crippen molar-refractivity contribution in [2.24, 2.45) is 7.05 Å². The highest BCUT2D eigenvalue weighted by Crippen LogP contribution is 2.31. The summed E-state index contributed by atoms with van der Waals surface area (Å²) in [4.78, 5) is 4.96. The van der Waals surface area contributed by atoms with Gasteiger partial charge < -0.3 is 14.6 Å². The molecule has 4 nitrogen and oxygen atoms in total. The van der Waals surface area contributed by atoms with Crippen molar-refractivity contribution in [3.63, 3.8) is 0 Å². The molecule has 1 unspecified atom stereocenters. The van der Waals surface area contributed by atoms with Crippen molar-refractivity contribution < 1.29 is 4.74 Å². The van der Waals surface area contributed by atoms with Crippen molar-refractivity contribution in [2.75, 3.05) is 12.4 Å². The summed E-state index contributed by atoms with van der Waals surface area (Å²) in [5, 5.41) is 3.65. The smallest absolute Gasteiger partial charge is 0.131 e. The molecule has 3 rings (SSSR count). The lowest BCUT2D eigenvalue weighted by Crippen LogP contribution is -2.15. The van der Waals surface area contributed by atoms with Crippen LogP contribution < -0.4 is 10.1 Å². The Morgan fingerprint density at radius 2 is 1.81 bits per heavy atom. The molecule has 3 aromatic rings. The molecule has 0 saturated heterocycles. The Kier molecular flexibility index (Phi) is 5.95. The molecule has 2 aromatic carbocycles. The molecular weight excluding hydrogens is 322 g/mol. The van der Waals surface area contributed by atoms with Gasteiger partial charge in [-0.15, -0.1) is 0 Å². The average molecular weight is 349 g/mol. The van der Waals surface area contributed by atoms with Gasteiger partial charge in [0.05, 0.1) is 18.8 Å². The Bertz CT molecular complexity index is 826. The van der Waals surface area contributed by atoms with Crippen molar-refractivity contribution in [1.82, 2.24) is 9.55 Å². The number of unbranched alkanes of at least 4 members (excludes halogenated alkanes) is 1. The maximum atomic E-state index is 5.51. The molecule has 0 fully saturated rings. The molecule has 1 atom stereocenters. The average Bonchev–Trinajstić information content (AvgIpc) is 3.07. The van der Waals surface area contributed by atoms with Gasteiger partial charge in [0.1, 0.15) is 11.6 Å². The van der Waals surface area contributed by atoms with Crippen LogP contribution in [0.2, 0.25) is 0 Å². The molecule has 4 heteroatoms. The fourth-order valence-electron chi connectivity index (χ4n) is 3.20. The van der Waals surface area contributed by atoms with Crippen LogP contribution in [0.5, 0.6) is 5.75 Å². The van der Waals surface area contributed by atoms with Gasteiger partial charge in [-0.25, -0.2) is 4.98 Å². The Morgan fingerprint density at radius 1 is 1.08 bits per heavy atom. The van der Waals surface area contributed by atoms with E-state index in [1.807, 2.05) is 24.3 Å². The van der Waals surface area contributed by atoms with Crippen LogP contribution in [-0.4, -0.2) is 16.7 Å². The largest absolute Gasteiger partial charge is 0.496 e. The Morgan fingerprint density at radius 3 is 2.54 bits per heavy atom. The van der Waals surface area contributed by atoms with Crippen molar-refractivity contribution >= 4 is 5.69 Å². The second-order valence-corrected chi connectivity index (χ2v) is 6.50. The van der Waals surface area contributed by atoms with Crippen molar-refractivity contribution in [3.8, 4) is 17.0 Å². The monoisotopic (exact) mass is 349 g/mol. The molecule has 0 saturated carbocycles. The SMILES string of the molecule is CCCCC(Nc1ccccc1)c1nc(-c2ccccc2OC)cn1C. The summed E-state index contributed by atoms with van der Waals surface area (Å²) in [5.74, 6) is 1.89. The van der Waals surface area contributed by atoms with Gasteiger partial charge in [-0.3, -0.25) is 0 Å². The molecule has 0 radical (unpaired) electrons. The highest BCUT2D eigenvalue weighted by molar-refractivity contribution is 5.67. The van der Waals surface area contributed by atoms with Gasteiger partial charge in [-0.05, 0) is 30.7 Å². The third-order valence-electron chi connectivity index (χ3n) is 4.57. The third-order valence-corrected chi connectivity index (χ3v) is 4.57. The first-order valence-electron chi connectivity index (χ1n) is 9.21. The molecule has 0 aliphatic carbocycles. The second kappa shape index (κ2) is 8.56. The van der Waals surface area contributed by atoms with Crippen LogP contribution in [0.4, 0.5) is 5.69 Å². The van der Waals surface area contributed by atoms with E-state index in [2.05, 4.69) is 60.4 Å². The number of hydrogen-bond acceptors (Lipinski definition) is 3. The highest BCUT2D eigenvalue weighted by atomic mass is 16.5. The van der Waals surface area contributed by atoms with E-state index in [1.54, 1.807) is 7.11 Å². The number of nitrogens with zero attached hydrogens (tertiary/aromatic N) is 2. The number of anilines is 1. The topological polar surface area (TPSA) is 39.1 Å². The van der Waals surface area contributed by atoms with Gasteiger partial charge in [-0.2, -0.15) is 0 Å². The Balaban J connectivity index is 1.93. The fourth-order valence-corrected chi connectivity index (χ4v) is 3.20. The molecule has 1 aromatic heterocycles. The molecule has 1 heterocycles. The van der Waals surface area contributed by atoms with Crippen LogP contribution in [0, 0.1) is 0 Å². The summed E-state index contributed by atoms with van der Waals surface area (Å²) in [6, 6.07) is 18.5. The summed E-state index contributed by atoms with van der Waals surface area (Å²) >= 11 is 0. The fraction of sp³-hybridized carbons (Fsp3) is 0.318. The molecule has 26 heavy (non-hydrogen) atoms. The highest BCUT2D eigenvalue weighted by Gasteiger charge is 2.19. The number of aromatic nitrogens is 2. The maximum absolute atomic E-state index is 5.51. The van der Waals surface area contributed by atoms with Crippen molar-refractivity contribution in [1.29, 1.82) is 0 Å². The minimum absolute atomic E-state index is 0.172. The number of ether oxygens (including phenoxy) is 1. The minimum Gasteiger partial charge on any atom is -0.496 e. The normalized spacial score (nSPS) is 12.0. The van der Waals surface area contributed by atoms with Gasteiger partial charge in [0, 0.05) is 24.5 Å². The van der Waals surface area contributed by atoms with Crippen LogP contribution in [0.1, 0.15) is 38.1 Å². The van der Waals surface area contributed by atoms with Gasteiger partial charge in [-0.1, -0.05) is 50.1 Å². The van der Waals surface area contributed by atoms with Crippen LogP contribution in [0.3, 0.4) is 0 Å². The maximum Gasteiger partial charge on any atom is 0.131 e. The number of rotatable bonds is 8. The summed E-state index contributed by atoms with van der Waals surface area (Å²) in [6.45, 7) is 2.22. The van der Waals surface area contributed by atoms with Gasteiger partial charge >= 0.3 is 0 Å². The summed E-state index contributed by atoms with van der Waals surface area (Å²) in [6.07, 6.45) is 5.44. The second-order valence-electron chi connectivity index (χ2n) is 6.50. The van der Waals surface area contributed by atoms with E-state index in [-0.39, 0.29) is 6.04 Å². The minimum atomic E-state index is 0.172. The summed E-state index contributed by atoms with van der Waals surface area (Å²) in [5.41, 5.74) is 3.08. The summed E-state index contributed by atoms with van der Waals surface area (Å²) in [7, 11) is 3.76. The molecule has 0 bridgehead atoms. The van der Waals surface area contributed by atoms with E-state index in [4.69, 9.17) is 9.72 Å². The molecule has 0 aliphatic rings. The first kappa shape index (κ1) is 18.1. The number of para-hydroxylation sites is 2. The molecule has 1 N–H and O–H groups in total. The van der Waals surface area contributed by atoms with Crippen LogP contribution in [0.15, 0.2) is 60.8 Å². The van der Waals surface area contributed by atoms with Crippen molar-refractivity contribution in [2.45, 2.75) is 32.2 Å². The van der Waals surface area contributed by atoms with Gasteiger partial charge in [0.15, 0.2) is 0 Å². The molecule has 0 amide bonds. The first-order valence-corrected chi connectivity index (χ1v) is 9.21. The number of benzene rings is 2. The Hall–Kier alpha value is -2.75. The predicted molar refractivity (Wildman–Crippen MR) is 108 cm³/mol. The molecule has 136 valence electrons. The van der Waals surface area contributed by atoms with E-state index < -0.39 is 0 Å². The lowest BCUT2D eigenvalue weighted by atomic mass is 10.1. The molecule has 0 aliphatic heterocycles. The van der Waals surface area contributed by atoms with E-state index in [9.17, 15) is 0 Å². The lowest BCUT2D eigenvalue weighted by Gasteiger charge is -2.19. The predicted octanol–water partition coefficient (Wildman–Crippen LogP) is 5.44. The van der Waals surface area contributed by atoms with Gasteiger partial charge in [0.2, 0.25) is 0 Å². The number of nitrogens with one attached hydrogen (secondary N) is 1. The third kappa shape index (κ3) is 4.07. The quantitative estimate of drug-likeness (QED) is 0.588. The van der Waals surface area contributed by atoms with E-state index >= 15 is 0 Å². The van der Waals surface area contributed by atoms with E-state index in [1.165, 1.54) is 0 Å². The Labute approximate surface area is 155 Å². The first-order chi connectivity index (χ1) is 12.7. The number of methoxy groups -OCH3 is 1. The number of aryl methyl sites for hydroxylation is 1. The van der Waals surface area contributed by atoms with Crippen LogP contribution in [-0.2, 0) is 7.05 Å². The zero-order valence-corrected chi connectivity index (χ0v) is 15.8. The van der Waals surface area contributed by atoms with Crippen LogP contribution in [0.25, 0.3) is 11.3 Å². The molecular formula is C22H27N3O. The zero-order chi connectivity index (χ0) is 18.4.